The van der Waals surface area contributed by atoms with Crippen LogP contribution in [0.4, 0.5) is 0 Å². The van der Waals surface area contributed by atoms with E-state index in [1.54, 1.807) is 19.4 Å². The number of hydrogen-bond donors (Lipinski definition) is 0. The summed E-state index contributed by atoms with van der Waals surface area (Å²) in [6, 6.07) is 4.49. The highest BCUT2D eigenvalue weighted by Crippen LogP contribution is 2.36. The highest BCUT2D eigenvalue weighted by atomic mass is 16.5. The second-order valence-electron chi connectivity index (χ2n) is 5.44. The van der Waals surface area contributed by atoms with Gasteiger partial charge < -0.3 is 9.64 Å². The quantitative estimate of drug-likeness (QED) is 0.835. The molecule has 2 aliphatic rings. The van der Waals surface area contributed by atoms with Crippen LogP contribution in [-0.2, 0) is 0 Å². The van der Waals surface area contributed by atoms with Gasteiger partial charge in [-0.2, -0.15) is 0 Å². The molecular weight excluding hydrogens is 240 g/mol. The van der Waals surface area contributed by atoms with E-state index in [0.717, 1.165) is 25.7 Å². The van der Waals surface area contributed by atoms with Gasteiger partial charge in [0.2, 0.25) is 5.88 Å². The molecule has 0 unspecified atom stereocenters. The number of hydrogen-bond acceptors (Lipinski definition) is 3. The van der Waals surface area contributed by atoms with E-state index in [-0.39, 0.29) is 5.91 Å². The van der Waals surface area contributed by atoms with E-state index >= 15 is 0 Å². The lowest BCUT2D eigenvalue weighted by atomic mass is 10.1. The van der Waals surface area contributed by atoms with Crippen LogP contribution in [0.3, 0.4) is 0 Å². The molecule has 0 aliphatic heterocycles. The van der Waals surface area contributed by atoms with Gasteiger partial charge in [-0.1, -0.05) is 12.8 Å². The first-order valence-corrected chi connectivity index (χ1v) is 7.13. The fraction of sp³-hybridized carbons (Fsp3) is 0.600. The van der Waals surface area contributed by atoms with Crippen molar-refractivity contribution in [2.45, 2.75) is 50.6 Å². The molecule has 0 saturated heterocycles. The summed E-state index contributed by atoms with van der Waals surface area (Å²) < 4.78 is 5.22. The number of pyridine rings is 1. The molecule has 1 aromatic rings. The summed E-state index contributed by atoms with van der Waals surface area (Å²) in [5.41, 5.74) is 0.601. The SMILES string of the molecule is COc1ncccc1C(=O)N(C1CCCC1)C1CC1. The lowest BCUT2D eigenvalue weighted by Gasteiger charge is -2.29. The lowest BCUT2D eigenvalue weighted by molar-refractivity contribution is 0.0660. The Balaban J connectivity index is 1.87. The topological polar surface area (TPSA) is 42.4 Å². The molecule has 2 aliphatic carbocycles. The largest absolute Gasteiger partial charge is 0.480 e. The van der Waals surface area contributed by atoms with Crippen molar-refractivity contribution in [2.24, 2.45) is 0 Å². The van der Waals surface area contributed by atoms with Crippen molar-refractivity contribution in [3.63, 3.8) is 0 Å². The molecule has 1 amide bonds. The average molecular weight is 260 g/mol. The number of carbonyl (C=O) groups is 1. The molecule has 0 spiro atoms. The number of methoxy groups -OCH3 is 1. The maximum atomic E-state index is 12.8. The van der Waals surface area contributed by atoms with E-state index in [4.69, 9.17) is 4.74 Å². The van der Waals surface area contributed by atoms with Crippen molar-refractivity contribution in [2.75, 3.05) is 7.11 Å². The third-order valence-corrected chi connectivity index (χ3v) is 4.09. The highest BCUT2D eigenvalue weighted by molar-refractivity contribution is 5.97. The Labute approximate surface area is 113 Å². The summed E-state index contributed by atoms with van der Waals surface area (Å²) in [6.07, 6.45) is 8.72. The van der Waals surface area contributed by atoms with Crippen molar-refractivity contribution >= 4 is 5.91 Å². The molecule has 1 heterocycles. The van der Waals surface area contributed by atoms with Gasteiger partial charge in [0.05, 0.1) is 7.11 Å². The smallest absolute Gasteiger partial charge is 0.259 e. The van der Waals surface area contributed by atoms with Crippen LogP contribution >= 0.6 is 0 Å². The van der Waals surface area contributed by atoms with Gasteiger partial charge >= 0.3 is 0 Å². The highest BCUT2D eigenvalue weighted by Gasteiger charge is 2.39. The van der Waals surface area contributed by atoms with Crippen LogP contribution in [0.5, 0.6) is 5.88 Å². The zero-order valence-corrected chi connectivity index (χ0v) is 11.3. The minimum Gasteiger partial charge on any atom is -0.480 e. The molecule has 19 heavy (non-hydrogen) atoms. The van der Waals surface area contributed by atoms with Crippen molar-refractivity contribution in [1.29, 1.82) is 0 Å². The molecule has 2 fully saturated rings. The third-order valence-electron chi connectivity index (χ3n) is 4.09. The zero-order chi connectivity index (χ0) is 13.2. The second-order valence-corrected chi connectivity index (χ2v) is 5.44. The standard InChI is InChI=1S/C15H20N2O2/c1-19-14-13(7-4-10-16-14)15(18)17(12-8-9-12)11-5-2-3-6-11/h4,7,10-12H,2-3,5-6,8-9H2,1H3. The van der Waals surface area contributed by atoms with Crippen LogP contribution in [0.15, 0.2) is 18.3 Å². The third kappa shape index (κ3) is 2.44. The number of rotatable bonds is 4. The molecule has 3 rings (SSSR count). The summed E-state index contributed by atoms with van der Waals surface area (Å²) in [6.45, 7) is 0. The van der Waals surface area contributed by atoms with Crippen LogP contribution in [0.25, 0.3) is 0 Å². The molecule has 2 saturated carbocycles. The predicted molar refractivity (Wildman–Crippen MR) is 72.2 cm³/mol. The molecule has 0 aromatic carbocycles. The van der Waals surface area contributed by atoms with E-state index in [1.807, 2.05) is 6.07 Å². The van der Waals surface area contributed by atoms with E-state index < -0.39 is 0 Å². The molecule has 102 valence electrons. The summed E-state index contributed by atoms with van der Waals surface area (Å²) >= 11 is 0. The Morgan fingerprint density at radius 1 is 1.26 bits per heavy atom. The van der Waals surface area contributed by atoms with Gasteiger partial charge in [-0.3, -0.25) is 4.79 Å². The van der Waals surface area contributed by atoms with Gasteiger partial charge in [-0.15, -0.1) is 0 Å². The van der Waals surface area contributed by atoms with E-state index in [0.29, 0.717) is 23.5 Å². The summed E-state index contributed by atoms with van der Waals surface area (Å²) in [5.74, 6) is 0.537. The van der Waals surface area contributed by atoms with Crippen LogP contribution < -0.4 is 4.74 Å². The first-order chi connectivity index (χ1) is 9.31. The Bertz CT molecular complexity index is 465. The number of nitrogens with zero attached hydrogens (tertiary/aromatic N) is 2. The predicted octanol–water partition coefficient (Wildman–Crippen LogP) is 2.64. The van der Waals surface area contributed by atoms with E-state index in [9.17, 15) is 4.79 Å². The fourth-order valence-electron chi connectivity index (χ4n) is 3.02. The van der Waals surface area contributed by atoms with Crippen LogP contribution in [0, 0.1) is 0 Å². The van der Waals surface area contributed by atoms with Crippen molar-refractivity contribution in [3.05, 3.63) is 23.9 Å². The second kappa shape index (κ2) is 5.19. The van der Waals surface area contributed by atoms with Crippen LogP contribution in [-0.4, -0.2) is 35.0 Å². The summed E-state index contributed by atoms with van der Waals surface area (Å²) in [4.78, 5) is 19.0. The van der Waals surface area contributed by atoms with Crippen molar-refractivity contribution in [3.8, 4) is 5.88 Å². The average Bonchev–Trinajstić information content (AvgIpc) is 3.13. The van der Waals surface area contributed by atoms with Gasteiger partial charge in [-0.05, 0) is 37.8 Å². The Morgan fingerprint density at radius 3 is 2.58 bits per heavy atom. The van der Waals surface area contributed by atoms with Gasteiger partial charge in [0.1, 0.15) is 5.56 Å². The molecule has 0 N–H and O–H groups in total. The minimum absolute atomic E-state index is 0.0966. The lowest BCUT2D eigenvalue weighted by Crippen LogP contribution is -2.40. The first kappa shape index (κ1) is 12.5. The molecule has 0 atom stereocenters. The first-order valence-electron chi connectivity index (χ1n) is 7.13. The van der Waals surface area contributed by atoms with E-state index in [1.165, 1.54) is 12.8 Å². The molecule has 4 heteroatoms. The maximum Gasteiger partial charge on any atom is 0.259 e. The van der Waals surface area contributed by atoms with Crippen LogP contribution in [0.2, 0.25) is 0 Å². The van der Waals surface area contributed by atoms with Gasteiger partial charge in [-0.25, -0.2) is 4.98 Å². The Morgan fingerprint density at radius 2 is 1.95 bits per heavy atom. The van der Waals surface area contributed by atoms with E-state index in [2.05, 4.69) is 9.88 Å². The monoisotopic (exact) mass is 260 g/mol. The van der Waals surface area contributed by atoms with Gasteiger partial charge in [0, 0.05) is 18.3 Å². The molecular formula is C15H20N2O2. The normalized spacial score (nSPS) is 19.4. The molecule has 1 aromatic heterocycles. The number of carbonyl (C=O) groups excluding carboxylic acids is 1. The zero-order valence-electron chi connectivity index (χ0n) is 11.3. The maximum absolute atomic E-state index is 12.8. The molecule has 0 radical (unpaired) electrons. The molecule has 0 bridgehead atoms. The number of aromatic nitrogens is 1. The van der Waals surface area contributed by atoms with Crippen molar-refractivity contribution in [1.82, 2.24) is 9.88 Å². The summed E-state index contributed by atoms with van der Waals surface area (Å²) in [5, 5.41) is 0. The number of ether oxygens (including phenoxy) is 1. The van der Waals surface area contributed by atoms with Crippen molar-refractivity contribution < 1.29 is 9.53 Å². The Hall–Kier alpha value is -1.58. The van der Waals surface area contributed by atoms with Gasteiger partial charge in [0.25, 0.3) is 5.91 Å². The van der Waals surface area contributed by atoms with Gasteiger partial charge in [0.15, 0.2) is 0 Å². The fourth-order valence-corrected chi connectivity index (χ4v) is 3.02. The Kier molecular flexibility index (Phi) is 3.40. The molecule has 4 nitrogen and oxygen atoms in total. The van der Waals surface area contributed by atoms with Crippen LogP contribution in [0.1, 0.15) is 48.9 Å². The summed E-state index contributed by atoms with van der Waals surface area (Å²) in [7, 11) is 1.57. The number of amides is 1. The minimum atomic E-state index is 0.0966.